The Morgan fingerprint density at radius 2 is 1.92 bits per heavy atom. The summed E-state index contributed by atoms with van der Waals surface area (Å²) in [5, 5.41) is 4.05. The number of hydrogen-bond acceptors (Lipinski definition) is 4. The van der Waals surface area contributed by atoms with Crippen LogP contribution in [0.15, 0.2) is 18.2 Å². The highest BCUT2D eigenvalue weighted by Crippen LogP contribution is 2.31. The molecule has 5 nitrogen and oxygen atoms in total. The number of piperidine rings is 1. The summed E-state index contributed by atoms with van der Waals surface area (Å²) < 4.78 is 6.07. The van der Waals surface area contributed by atoms with Gasteiger partial charge in [-0.3, -0.25) is 4.79 Å². The summed E-state index contributed by atoms with van der Waals surface area (Å²) in [6.45, 7) is 5.96. The number of anilines is 1. The van der Waals surface area contributed by atoms with Crippen molar-refractivity contribution in [2.45, 2.75) is 31.3 Å². The van der Waals surface area contributed by atoms with Gasteiger partial charge in [-0.15, -0.1) is 0 Å². The molecular formula is C19H26ClN3O2. The third kappa shape index (κ3) is 3.50. The fourth-order valence-electron chi connectivity index (χ4n) is 4.24. The molecule has 0 unspecified atom stereocenters. The summed E-state index contributed by atoms with van der Waals surface area (Å²) in [6.07, 6.45) is 4.35. The molecule has 1 amide bonds. The molecule has 3 aliphatic heterocycles. The predicted molar refractivity (Wildman–Crippen MR) is 99.6 cm³/mol. The van der Waals surface area contributed by atoms with Crippen LogP contribution in [0.3, 0.4) is 0 Å². The van der Waals surface area contributed by atoms with Gasteiger partial charge in [-0.1, -0.05) is 11.6 Å². The van der Waals surface area contributed by atoms with Crippen LogP contribution in [0.25, 0.3) is 0 Å². The lowest BCUT2D eigenvalue weighted by Crippen LogP contribution is -2.57. The normalized spacial score (nSPS) is 23.2. The third-order valence-corrected chi connectivity index (χ3v) is 5.99. The topological polar surface area (TPSA) is 44.8 Å². The van der Waals surface area contributed by atoms with Crippen LogP contribution in [0.1, 0.15) is 36.0 Å². The molecule has 0 aromatic heterocycles. The lowest BCUT2D eigenvalue weighted by Gasteiger charge is -2.45. The average Bonchev–Trinajstić information content (AvgIpc) is 3.16. The van der Waals surface area contributed by atoms with Crippen molar-refractivity contribution in [3.05, 3.63) is 28.8 Å². The van der Waals surface area contributed by atoms with E-state index < -0.39 is 0 Å². The van der Waals surface area contributed by atoms with E-state index in [-0.39, 0.29) is 11.5 Å². The van der Waals surface area contributed by atoms with Gasteiger partial charge < -0.3 is 19.9 Å². The molecule has 0 radical (unpaired) electrons. The summed E-state index contributed by atoms with van der Waals surface area (Å²) in [5.74, 6) is 0.0658. The third-order valence-electron chi connectivity index (χ3n) is 5.69. The number of carbonyl (C=O) groups excluding carboxylic acids is 1. The van der Waals surface area contributed by atoms with Gasteiger partial charge >= 0.3 is 0 Å². The molecule has 1 spiro atoms. The molecule has 3 aliphatic rings. The largest absolute Gasteiger partial charge is 0.371 e. The van der Waals surface area contributed by atoms with Crippen molar-refractivity contribution < 1.29 is 9.53 Å². The molecule has 6 heteroatoms. The average molecular weight is 364 g/mol. The highest BCUT2D eigenvalue weighted by atomic mass is 35.5. The molecule has 3 saturated heterocycles. The van der Waals surface area contributed by atoms with Gasteiger partial charge in [0.15, 0.2) is 0 Å². The molecule has 0 aliphatic carbocycles. The van der Waals surface area contributed by atoms with E-state index >= 15 is 0 Å². The standard InChI is InChI=1S/C19H26ClN3O2/c20-16-13-15(3-4-17(16)22-9-1-2-10-22)18(24)23-11-12-25-19(14-23)5-7-21-8-6-19/h3-4,13,21H,1-2,5-12,14H2. The Balaban J connectivity index is 1.49. The summed E-state index contributed by atoms with van der Waals surface area (Å²) in [5.41, 5.74) is 1.56. The van der Waals surface area contributed by atoms with Crippen molar-refractivity contribution in [2.75, 3.05) is 50.8 Å². The van der Waals surface area contributed by atoms with Gasteiger partial charge in [0.1, 0.15) is 0 Å². The number of rotatable bonds is 2. The highest BCUT2D eigenvalue weighted by Gasteiger charge is 2.39. The van der Waals surface area contributed by atoms with Crippen LogP contribution in [0.2, 0.25) is 5.02 Å². The molecule has 25 heavy (non-hydrogen) atoms. The van der Waals surface area contributed by atoms with Crippen LogP contribution in [0.4, 0.5) is 5.69 Å². The van der Waals surface area contributed by atoms with Crippen molar-refractivity contribution in [3.63, 3.8) is 0 Å². The Labute approximate surface area is 154 Å². The molecule has 4 rings (SSSR count). The number of benzene rings is 1. The van der Waals surface area contributed by atoms with Gasteiger partial charge in [0.05, 0.1) is 29.5 Å². The first-order chi connectivity index (χ1) is 12.2. The number of halogens is 1. The van der Waals surface area contributed by atoms with Crippen molar-refractivity contribution >= 4 is 23.2 Å². The van der Waals surface area contributed by atoms with Crippen LogP contribution in [0, 0.1) is 0 Å². The monoisotopic (exact) mass is 363 g/mol. The predicted octanol–water partition coefficient (Wildman–Crippen LogP) is 2.53. The number of hydrogen-bond donors (Lipinski definition) is 1. The van der Waals surface area contributed by atoms with Gasteiger partial charge in [0.2, 0.25) is 0 Å². The van der Waals surface area contributed by atoms with E-state index in [1.807, 2.05) is 23.1 Å². The van der Waals surface area contributed by atoms with Gasteiger partial charge in [-0.05, 0) is 57.0 Å². The minimum Gasteiger partial charge on any atom is -0.371 e. The van der Waals surface area contributed by atoms with E-state index in [1.165, 1.54) is 12.8 Å². The van der Waals surface area contributed by atoms with E-state index in [2.05, 4.69) is 10.2 Å². The van der Waals surface area contributed by atoms with Crippen molar-refractivity contribution in [1.82, 2.24) is 10.2 Å². The fraction of sp³-hybridized carbons (Fsp3) is 0.632. The minimum atomic E-state index is -0.168. The Hall–Kier alpha value is -1.30. The van der Waals surface area contributed by atoms with Gasteiger partial charge in [-0.25, -0.2) is 0 Å². The first-order valence-electron chi connectivity index (χ1n) is 9.35. The van der Waals surface area contributed by atoms with Crippen LogP contribution in [-0.4, -0.2) is 62.3 Å². The number of ether oxygens (including phenoxy) is 1. The number of amides is 1. The van der Waals surface area contributed by atoms with Crippen LogP contribution in [0.5, 0.6) is 0 Å². The van der Waals surface area contributed by atoms with Crippen molar-refractivity contribution in [1.29, 1.82) is 0 Å². The molecule has 3 fully saturated rings. The zero-order valence-electron chi connectivity index (χ0n) is 14.6. The first-order valence-corrected chi connectivity index (χ1v) is 9.73. The molecule has 1 aromatic rings. The zero-order chi connectivity index (χ0) is 17.3. The Morgan fingerprint density at radius 3 is 2.64 bits per heavy atom. The Morgan fingerprint density at radius 1 is 1.16 bits per heavy atom. The molecule has 1 aromatic carbocycles. The van der Waals surface area contributed by atoms with Gasteiger partial charge in [-0.2, -0.15) is 0 Å². The summed E-state index contributed by atoms with van der Waals surface area (Å²) in [4.78, 5) is 17.2. The number of nitrogens with one attached hydrogen (secondary N) is 1. The maximum Gasteiger partial charge on any atom is 0.254 e. The SMILES string of the molecule is O=C(c1ccc(N2CCCC2)c(Cl)c1)N1CCOC2(CCNCC2)C1. The van der Waals surface area contributed by atoms with E-state index in [1.54, 1.807) is 0 Å². The molecule has 1 N–H and O–H groups in total. The molecule has 0 saturated carbocycles. The summed E-state index contributed by atoms with van der Waals surface area (Å²) >= 11 is 6.49. The molecule has 0 atom stereocenters. The van der Waals surface area contributed by atoms with Crippen LogP contribution >= 0.6 is 11.6 Å². The summed E-state index contributed by atoms with van der Waals surface area (Å²) in [7, 11) is 0. The Kier molecular flexibility index (Phi) is 4.89. The second kappa shape index (κ2) is 7.14. The van der Waals surface area contributed by atoms with E-state index in [0.717, 1.165) is 44.7 Å². The lowest BCUT2D eigenvalue weighted by molar-refractivity contribution is -0.114. The Bertz CT molecular complexity index is 634. The minimum absolute atomic E-state index is 0.0658. The second-order valence-corrected chi connectivity index (χ2v) is 7.78. The number of carbonyl (C=O) groups is 1. The van der Waals surface area contributed by atoms with Crippen molar-refractivity contribution in [2.24, 2.45) is 0 Å². The highest BCUT2D eigenvalue weighted by molar-refractivity contribution is 6.33. The van der Waals surface area contributed by atoms with E-state index in [4.69, 9.17) is 16.3 Å². The molecule has 0 bridgehead atoms. The maximum absolute atomic E-state index is 13.0. The first kappa shape index (κ1) is 17.1. The van der Waals surface area contributed by atoms with Crippen LogP contribution in [-0.2, 0) is 4.74 Å². The van der Waals surface area contributed by atoms with E-state index in [9.17, 15) is 4.79 Å². The zero-order valence-corrected chi connectivity index (χ0v) is 15.4. The van der Waals surface area contributed by atoms with E-state index in [0.29, 0.717) is 30.3 Å². The molecular weight excluding hydrogens is 338 g/mol. The molecule has 3 heterocycles. The lowest BCUT2D eigenvalue weighted by atomic mass is 9.90. The summed E-state index contributed by atoms with van der Waals surface area (Å²) in [6, 6.07) is 5.76. The second-order valence-electron chi connectivity index (χ2n) is 7.37. The molecule has 136 valence electrons. The fourth-order valence-corrected chi connectivity index (χ4v) is 4.54. The van der Waals surface area contributed by atoms with Gasteiger partial charge in [0, 0.05) is 25.2 Å². The number of morpholine rings is 1. The van der Waals surface area contributed by atoms with Gasteiger partial charge in [0.25, 0.3) is 5.91 Å². The quantitative estimate of drug-likeness (QED) is 0.877. The van der Waals surface area contributed by atoms with Crippen molar-refractivity contribution in [3.8, 4) is 0 Å². The smallest absolute Gasteiger partial charge is 0.254 e. The maximum atomic E-state index is 13.0. The number of nitrogens with zero attached hydrogens (tertiary/aromatic N) is 2. The van der Waals surface area contributed by atoms with Crippen LogP contribution < -0.4 is 10.2 Å².